The van der Waals surface area contributed by atoms with Gasteiger partial charge in [0.1, 0.15) is 5.82 Å². The number of carbonyl (C=O) groups excluding carboxylic acids is 2. The van der Waals surface area contributed by atoms with Gasteiger partial charge in [-0.15, -0.1) is 0 Å². The Bertz CT molecular complexity index is 1130. The number of imidazole rings is 1. The molecule has 0 radical (unpaired) electrons. The molecular formula is C25H26N4O2. The van der Waals surface area contributed by atoms with Crippen LogP contribution in [0.1, 0.15) is 47.5 Å². The fourth-order valence-corrected chi connectivity index (χ4v) is 3.97. The van der Waals surface area contributed by atoms with Crippen molar-refractivity contribution >= 4 is 17.9 Å². The Morgan fingerprint density at radius 3 is 2.68 bits per heavy atom. The summed E-state index contributed by atoms with van der Waals surface area (Å²) >= 11 is 0. The van der Waals surface area contributed by atoms with E-state index in [2.05, 4.69) is 27.0 Å². The lowest BCUT2D eigenvalue weighted by Gasteiger charge is -2.32. The molecule has 3 aromatic rings. The first kappa shape index (κ1) is 20.6. The van der Waals surface area contributed by atoms with Crippen molar-refractivity contribution in [2.45, 2.75) is 39.4 Å². The summed E-state index contributed by atoms with van der Waals surface area (Å²) in [5.74, 6) is 0.804. The molecule has 2 aromatic carbocycles. The molecule has 1 aliphatic heterocycles. The van der Waals surface area contributed by atoms with Gasteiger partial charge in [-0.25, -0.2) is 4.98 Å². The number of amides is 2. The van der Waals surface area contributed by atoms with Crippen LogP contribution in [0.3, 0.4) is 0 Å². The number of fused-ring (bicyclic) bond motifs is 1. The number of aromatic nitrogens is 2. The zero-order valence-electron chi connectivity index (χ0n) is 17.8. The highest BCUT2D eigenvalue weighted by Crippen LogP contribution is 2.32. The molecule has 0 fully saturated rings. The molecule has 0 saturated heterocycles. The van der Waals surface area contributed by atoms with Gasteiger partial charge < -0.3 is 14.8 Å². The maximum atomic E-state index is 12.8. The number of nitrogens with one attached hydrogen (secondary N) is 1. The third-order valence-corrected chi connectivity index (χ3v) is 5.61. The van der Waals surface area contributed by atoms with Gasteiger partial charge in [-0.05, 0) is 35.3 Å². The van der Waals surface area contributed by atoms with E-state index >= 15 is 0 Å². The van der Waals surface area contributed by atoms with Crippen LogP contribution in [0.5, 0.6) is 0 Å². The van der Waals surface area contributed by atoms with Crippen LogP contribution in [-0.4, -0.2) is 26.3 Å². The SMILES string of the molecule is CC(=O)N1C=Cc2ccccc2C1CC(=O)NCc1cccc(Cn2ccnc2C)c1. The highest BCUT2D eigenvalue weighted by Gasteiger charge is 2.28. The average molecular weight is 415 g/mol. The molecule has 0 aliphatic carbocycles. The van der Waals surface area contributed by atoms with E-state index in [9.17, 15) is 9.59 Å². The lowest BCUT2D eigenvalue weighted by molar-refractivity contribution is -0.130. The zero-order valence-corrected chi connectivity index (χ0v) is 17.8. The number of hydrogen-bond donors (Lipinski definition) is 1. The van der Waals surface area contributed by atoms with Crippen molar-refractivity contribution in [1.29, 1.82) is 0 Å². The van der Waals surface area contributed by atoms with E-state index in [1.165, 1.54) is 6.92 Å². The van der Waals surface area contributed by atoms with Gasteiger partial charge in [-0.3, -0.25) is 9.59 Å². The predicted molar refractivity (Wildman–Crippen MR) is 120 cm³/mol. The largest absolute Gasteiger partial charge is 0.352 e. The fourth-order valence-electron chi connectivity index (χ4n) is 3.97. The molecule has 158 valence electrons. The quantitative estimate of drug-likeness (QED) is 0.667. The van der Waals surface area contributed by atoms with E-state index in [0.717, 1.165) is 34.6 Å². The Balaban J connectivity index is 1.41. The van der Waals surface area contributed by atoms with Crippen LogP contribution < -0.4 is 5.32 Å². The summed E-state index contributed by atoms with van der Waals surface area (Å²) in [5.41, 5.74) is 4.23. The Morgan fingerprint density at radius 1 is 1.10 bits per heavy atom. The normalized spacial score (nSPS) is 14.9. The molecule has 1 atom stereocenters. The molecule has 1 unspecified atom stereocenters. The van der Waals surface area contributed by atoms with Crippen LogP contribution in [-0.2, 0) is 22.7 Å². The molecule has 0 bridgehead atoms. The van der Waals surface area contributed by atoms with E-state index in [-0.39, 0.29) is 24.3 Å². The number of carbonyl (C=O) groups is 2. The summed E-state index contributed by atoms with van der Waals surface area (Å²) in [6, 6.07) is 15.8. The maximum Gasteiger partial charge on any atom is 0.223 e. The van der Waals surface area contributed by atoms with E-state index in [0.29, 0.717) is 6.54 Å². The van der Waals surface area contributed by atoms with Crippen molar-refractivity contribution in [3.05, 3.63) is 95.2 Å². The van der Waals surface area contributed by atoms with Crippen LogP contribution in [0, 0.1) is 6.92 Å². The molecule has 2 amide bonds. The third kappa shape index (κ3) is 4.74. The number of hydrogen-bond acceptors (Lipinski definition) is 3. The third-order valence-electron chi connectivity index (χ3n) is 5.61. The Kier molecular flexibility index (Phi) is 5.98. The fraction of sp³-hybridized carbons (Fsp3) is 0.240. The summed E-state index contributed by atoms with van der Waals surface area (Å²) in [7, 11) is 0. The number of benzene rings is 2. The van der Waals surface area contributed by atoms with E-state index < -0.39 is 0 Å². The van der Waals surface area contributed by atoms with Crippen molar-refractivity contribution in [1.82, 2.24) is 19.8 Å². The molecule has 1 aliphatic rings. The van der Waals surface area contributed by atoms with Gasteiger partial charge in [0.2, 0.25) is 11.8 Å². The lowest BCUT2D eigenvalue weighted by atomic mass is 9.93. The second kappa shape index (κ2) is 9.00. The summed E-state index contributed by atoms with van der Waals surface area (Å²) in [6.07, 6.45) is 7.65. The van der Waals surface area contributed by atoms with Gasteiger partial charge in [0.05, 0.1) is 12.5 Å². The van der Waals surface area contributed by atoms with Gasteiger partial charge in [0.15, 0.2) is 0 Å². The van der Waals surface area contributed by atoms with Crippen molar-refractivity contribution in [3.8, 4) is 0 Å². The van der Waals surface area contributed by atoms with Gasteiger partial charge in [0, 0.05) is 38.6 Å². The minimum absolute atomic E-state index is 0.0777. The molecule has 1 N–H and O–H groups in total. The average Bonchev–Trinajstić information content (AvgIpc) is 3.17. The van der Waals surface area contributed by atoms with Crippen LogP contribution in [0.4, 0.5) is 0 Å². The molecule has 1 aromatic heterocycles. The Hall–Kier alpha value is -3.67. The Morgan fingerprint density at radius 2 is 1.90 bits per heavy atom. The minimum Gasteiger partial charge on any atom is -0.352 e. The monoisotopic (exact) mass is 414 g/mol. The van der Waals surface area contributed by atoms with Gasteiger partial charge in [-0.1, -0.05) is 48.5 Å². The predicted octanol–water partition coefficient (Wildman–Crippen LogP) is 3.82. The smallest absolute Gasteiger partial charge is 0.223 e. The van der Waals surface area contributed by atoms with Gasteiger partial charge in [-0.2, -0.15) is 0 Å². The molecule has 31 heavy (non-hydrogen) atoms. The van der Waals surface area contributed by atoms with Crippen molar-refractivity contribution < 1.29 is 9.59 Å². The standard InChI is InChI=1S/C25H26N4O2/c1-18-26-11-13-28(18)17-21-7-5-6-20(14-21)16-27-25(31)15-24-23-9-4-3-8-22(23)10-12-29(24)19(2)30/h3-14,24H,15-17H2,1-2H3,(H,27,31). The van der Waals surface area contributed by atoms with Crippen LogP contribution in [0.15, 0.2) is 67.1 Å². The van der Waals surface area contributed by atoms with E-state index in [1.54, 1.807) is 17.3 Å². The topological polar surface area (TPSA) is 67.2 Å². The Labute approximate surface area is 182 Å². The first-order chi connectivity index (χ1) is 15.0. The van der Waals surface area contributed by atoms with E-state index in [1.807, 2.05) is 55.6 Å². The summed E-state index contributed by atoms with van der Waals surface area (Å²) in [5, 5.41) is 3.01. The molecule has 4 rings (SSSR count). The number of rotatable bonds is 6. The van der Waals surface area contributed by atoms with Crippen molar-refractivity contribution in [2.24, 2.45) is 0 Å². The number of aryl methyl sites for hydroxylation is 1. The summed E-state index contributed by atoms with van der Waals surface area (Å²) in [4.78, 5) is 30.8. The van der Waals surface area contributed by atoms with Crippen LogP contribution >= 0.6 is 0 Å². The van der Waals surface area contributed by atoms with Crippen molar-refractivity contribution in [2.75, 3.05) is 0 Å². The summed E-state index contributed by atoms with van der Waals surface area (Å²) in [6.45, 7) is 4.69. The lowest BCUT2D eigenvalue weighted by Crippen LogP contribution is -2.35. The zero-order chi connectivity index (χ0) is 21.8. The van der Waals surface area contributed by atoms with E-state index in [4.69, 9.17) is 0 Å². The first-order valence-electron chi connectivity index (χ1n) is 10.4. The molecule has 2 heterocycles. The highest BCUT2D eigenvalue weighted by molar-refractivity contribution is 5.81. The minimum atomic E-state index is -0.297. The second-order valence-corrected chi connectivity index (χ2v) is 7.79. The maximum absolute atomic E-state index is 12.8. The first-order valence-corrected chi connectivity index (χ1v) is 10.4. The molecule has 6 nitrogen and oxygen atoms in total. The van der Waals surface area contributed by atoms with Gasteiger partial charge >= 0.3 is 0 Å². The highest BCUT2D eigenvalue weighted by atomic mass is 16.2. The molecule has 0 spiro atoms. The molecular weight excluding hydrogens is 388 g/mol. The second-order valence-electron chi connectivity index (χ2n) is 7.79. The van der Waals surface area contributed by atoms with Crippen LogP contribution in [0.25, 0.3) is 6.08 Å². The van der Waals surface area contributed by atoms with Gasteiger partial charge in [0.25, 0.3) is 0 Å². The molecule has 0 saturated carbocycles. The van der Waals surface area contributed by atoms with Crippen LogP contribution in [0.2, 0.25) is 0 Å². The number of nitrogens with zero attached hydrogens (tertiary/aromatic N) is 3. The van der Waals surface area contributed by atoms with Crippen molar-refractivity contribution in [3.63, 3.8) is 0 Å². The summed E-state index contributed by atoms with van der Waals surface area (Å²) < 4.78 is 2.09. The molecule has 6 heteroatoms.